The Hall–Kier alpha value is -3.59. The van der Waals surface area contributed by atoms with Crippen LogP contribution in [0.3, 0.4) is 0 Å². The Morgan fingerprint density at radius 1 is 1.20 bits per heavy atom. The number of benzene rings is 2. The molecule has 0 atom stereocenters. The standard InChI is InChI=1S/C19H15N5O/c1-13-17(10-20)19(24(23-13)15-5-3-2-4-6-15)12-25-16-7-8-18-14(9-16)11-21-22-18/h2-9,11H,12H2,1H3,(H,21,22). The maximum Gasteiger partial charge on any atom is 0.132 e. The van der Waals surface area contributed by atoms with Crippen LogP contribution in [0, 0.1) is 18.3 Å². The van der Waals surface area contributed by atoms with Crippen LogP contribution in [-0.2, 0) is 6.61 Å². The number of hydrogen-bond donors (Lipinski definition) is 1. The summed E-state index contributed by atoms with van der Waals surface area (Å²) in [6.07, 6.45) is 1.82. The van der Waals surface area contributed by atoms with Crippen molar-refractivity contribution in [2.45, 2.75) is 13.5 Å². The second kappa shape index (κ2) is 6.13. The number of aromatic nitrogens is 4. The third-order valence-corrected chi connectivity index (χ3v) is 4.05. The van der Waals surface area contributed by atoms with Crippen LogP contribution in [0.4, 0.5) is 0 Å². The number of ether oxygens (including phenoxy) is 1. The summed E-state index contributed by atoms with van der Waals surface area (Å²) >= 11 is 0. The van der Waals surface area contributed by atoms with Gasteiger partial charge in [0.05, 0.1) is 22.6 Å². The van der Waals surface area contributed by atoms with Crippen LogP contribution in [0.2, 0.25) is 0 Å². The van der Waals surface area contributed by atoms with Gasteiger partial charge in [0.25, 0.3) is 0 Å². The van der Waals surface area contributed by atoms with E-state index >= 15 is 0 Å². The van der Waals surface area contributed by atoms with Gasteiger partial charge in [0.2, 0.25) is 0 Å². The van der Waals surface area contributed by atoms with E-state index in [4.69, 9.17) is 4.74 Å². The van der Waals surface area contributed by atoms with Crippen LogP contribution in [0.1, 0.15) is 17.0 Å². The lowest BCUT2D eigenvalue weighted by atomic mass is 10.2. The van der Waals surface area contributed by atoms with Crippen LogP contribution >= 0.6 is 0 Å². The molecule has 0 saturated heterocycles. The number of fused-ring (bicyclic) bond motifs is 1. The summed E-state index contributed by atoms with van der Waals surface area (Å²) in [7, 11) is 0. The third-order valence-electron chi connectivity index (χ3n) is 4.05. The van der Waals surface area contributed by atoms with E-state index in [-0.39, 0.29) is 6.61 Å². The average molecular weight is 329 g/mol. The molecule has 2 aromatic heterocycles. The first-order valence-electron chi connectivity index (χ1n) is 7.86. The lowest BCUT2D eigenvalue weighted by molar-refractivity contribution is 0.297. The molecule has 0 aliphatic heterocycles. The molecule has 0 aliphatic rings. The van der Waals surface area contributed by atoms with E-state index in [1.54, 1.807) is 4.68 Å². The molecule has 4 rings (SSSR count). The van der Waals surface area contributed by atoms with Gasteiger partial charge >= 0.3 is 0 Å². The van der Waals surface area contributed by atoms with Gasteiger partial charge in [-0.05, 0) is 37.3 Å². The van der Waals surface area contributed by atoms with E-state index in [1.807, 2.05) is 61.7 Å². The Morgan fingerprint density at radius 3 is 2.84 bits per heavy atom. The zero-order valence-corrected chi connectivity index (χ0v) is 13.6. The van der Waals surface area contributed by atoms with Crippen molar-refractivity contribution in [3.05, 3.63) is 71.7 Å². The second-order valence-corrected chi connectivity index (χ2v) is 5.66. The fraction of sp³-hybridized carbons (Fsp3) is 0.105. The number of para-hydroxylation sites is 1. The maximum atomic E-state index is 9.50. The Morgan fingerprint density at radius 2 is 2.04 bits per heavy atom. The molecule has 1 N–H and O–H groups in total. The predicted molar refractivity (Wildman–Crippen MR) is 93.4 cm³/mol. The minimum Gasteiger partial charge on any atom is -0.487 e. The molecule has 0 unspecified atom stereocenters. The number of aromatic amines is 1. The Kier molecular flexibility index (Phi) is 3.67. The van der Waals surface area contributed by atoms with Crippen molar-refractivity contribution in [1.82, 2.24) is 20.0 Å². The molecule has 6 heteroatoms. The quantitative estimate of drug-likeness (QED) is 0.621. The van der Waals surface area contributed by atoms with Gasteiger partial charge in [0.15, 0.2) is 0 Å². The summed E-state index contributed by atoms with van der Waals surface area (Å²) in [6.45, 7) is 2.08. The van der Waals surface area contributed by atoms with Crippen molar-refractivity contribution >= 4 is 10.9 Å². The number of aryl methyl sites for hydroxylation is 1. The molecule has 0 aliphatic carbocycles. The van der Waals surface area contributed by atoms with E-state index in [0.717, 1.165) is 28.0 Å². The molecule has 0 bridgehead atoms. The van der Waals surface area contributed by atoms with Gasteiger partial charge in [-0.15, -0.1) is 0 Å². The molecular formula is C19H15N5O. The van der Waals surface area contributed by atoms with Gasteiger partial charge in [-0.3, -0.25) is 5.10 Å². The smallest absolute Gasteiger partial charge is 0.132 e. The van der Waals surface area contributed by atoms with Gasteiger partial charge < -0.3 is 4.74 Å². The number of nitriles is 1. The normalized spacial score (nSPS) is 10.7. The molecular weight excluding hydrogens is 314 g/mol. The van der Waals surface area contributed by atoms with E-state index in [2.05, 4.69) is 21.4 Å². The molecule has 0 radical (unpaired) electrons. The van der Waals surface area contributed by atoms with Gasteiger partial charge in [0.1, 0.15) is 24.0 Å². The van der Waals surface area contributed by atoms with Crippen LogP contribution in [0.25, 0.3) is 16.6 Å². The zero-order valence-electron chi connectivity index (χ0n) is 13.6. The molecule has 0 saturated carbocycles. The van der Waals surface area contributed by atoms with Crippen molar-refractivity contribution in [3.63, 3.8) is 0 Å². The van der Waals surface area contributed by atoms with Gasteiger partial charge in [-0.2, -0.15) is 15.5 Å². The maximum absolute atomic E-state index is 9.50. The van der Waals surface area contributed by atoms with Gasteiger partial charge in [-0.1, -0.05) is 18.2 Å². The number of nitrogens with one attached hydrogen (secondary N) is 1. The van der Waals surface area contributed by atoms with E-state index in [1.165, 1.54) is 0 Å². The highest BCUT2D eigenvalue weighted by Crippen LogP contribution is 2.23. The summed E-state index contributed by atoms with van der Waals surface area (Å²) in [5, 5.41) is 21.9. The van der Waals surface area contributed by atoms with Crippen molar-refractivity contribution in [2.24, 2.45) is 0 Å². The predicted octanol–water partition coefficient (Wildman–Crippen LogP) is 3.51. The minimum atomic E-state index is 0.252. The second-order valence-electron chi connectivity index (χ2n) is 5.66. The van der Waals surface area contributed by atoms with Crippen LogP contribution < -0.4 is 4.74 Å². The van der Waals surface area contributed by atoms with E-state index < -0.39 is 0 Å². The first kappa shape index (κ1) is 15.0. The summed E-state index contributed by atoms with van der Waals surface area (Å²) in [4.78, 5) is 0. The number of hydrogen-bond acceptors (Lipinski definition) is 4. The van der Waals surface area contributed by atoms with Crippen molar-refractivity contribution in [2.75, 3.05) is 0 Å². The molecule has 4 aromatic rings. The molecule has 0 spiro atoms. The molecule has 6 nitrogen and oxygen atoms in total. The summed E-state index contributed by atoms with van der Waals surface area (Å²) in [5.41, 5.74) is 3.76. The fourth-order valence-corrected chi connectivity index (χ4v) is 2.80. The largest absolute Gasteiger partial charge is 0.487 e. The van der Waals surface area contributed by atoms with E-state index in [9.17, 15) is 5.26 Å². The first-order valence-corrected chi connectivity index (χ1v) is 7.86. The van der Waals surface area contributed by atoms with Crippen LogP contribution in [-0.4, -0.2) is 20.0 Å². The molecule has 122 valence electrons. The molecule has 0 amide bonds. The van der Waals surface area contributed by atoms with E-state index in [0.29, 0.717) is 11.3 Å². The average Bonchev–Trinajstić information content (AvgIpc) is 3.23. The summed E-state index contributed by atoms with van der Waals surface area (Å²) in [5.74, 6) is 0.719. The van der Waals surface area contributed by atoms with Crippen molar-refractivity contribution in [1.29, 1.82) is 5.26 Å². The number of nitrogens with zero attached hydrogens (tertiary/aromatic N) is 4. The Balaban J connectivity index is 1.68. The van der Waals surface area contributed by atoms with Crippen molar-refractivity contribution < 1.29 is 4.74 Å². The Labute approximate surface area is 144 Å². The number of rotatable bonds is 4. The van der Waals surface area contributed by atoms with Crippen LogP contribution in [0.5, 0.6) is 5.75 Å². The Bertz CT molecular complexity index is 1070. The topological polar surface area (TPSA) is 79.5 Å². The van der Waals surface area contributed by atoms with Crippen molar-refractivity contribution in [3.8, 4) is 17.5 Å². The minimum absolute atomic E-state index is 0.252. The highest BCUT2D eigenvalue weighted by molar-refractivity contribution is 5.79. The van der Waals surface area contributed by atoms with Gasteiger partial charge in [-0.25, -0.2) is 4.68 Å². The highest BCUT2D eigenvalue weighted by atomic mass is 16.5. The lowest BCUT2D eigenvalue weighted by Crippen LogP contribution is -2.07. The SMILES string of the molecule is Cc1nn(-c2ccccc2)c(COc2ccc3n[nH]cc3c2)c1C#N. The molecule has 2 aromatic carbocycles. The lowest BCUT2D eigenvalue weighted by Gasteiger charge is -2.10. The zero-order chi connectivity index (χ0) is 17.2. The van der Waals surface area contributed by atoms with Gasteiger partial charge in [0, 0.05) is 11.6 Å². The summed E-state index contributed by atoms with van der Waals surface area (Å²) < 4.78 is 7.70. The fourth-order valence-electron chi connectivity index (χ4n) is 2.80. The highest BCUT2D eigenvalue weighted by Gasteiger charge is 2.17. The first-order chi connectivity index (χ1) is 12.3. The van der Waals surface area contributed by atoms with Crippen LogP contribution in [0.15, 0.2) is 54.7 Å². The molecule has 0 fully saturated rings. The molecule has 2 heterocycles. The summed E-state index contributed by atoms with van der Waals surface area (Å²) in [6, 6.07) is 17.6. The molecule has 25 heavy (non-hydrogen) atoms. The third kappa shape index (κ3) is 2.72. The number of H-pyrrole nitrogens is 1. The monoisotopic (exact) mass is 329 g/mol.